The number of rotatable bonds is 6. The Labute approximate surface area is 158 Å². The number of halogens is 1. The minimum Gasteiger partial charge on any atom is -0.452 e. The zero-order chi connectivity index (χ0) is 19.3. The fourth-order valence-electron chi connectivity index (χ4n) is 3.17. The van der Waals surface area contributed by atoms with E-state index in [1.807, 2.05) is 6.92 Å². The van der Waals surface area contributed by atoms with Gasteiger partial charge in [-0.1, -0.05) is 30.9 Å². The number of nitrogens with zero attached hydrogens (tertiary/aromatic N) is 1. The summed E-state index contributed by atoms with van der Waals surface area (Å²) in [6.07, 6.45) is 5.29. The van der Waals surface area contributed by atoms with Gasteiger partial charge in [-0.05, 0) is 38.0 Å². The van der Waals surface area contributed by atoms with E-state index in [9.17, 15) is 18.0 Å². The van der Waals surface area contributed by atoms with Crippen LogP contribution in [0.25, 0.3) is 0 Å². The summed E-state index contributed by atoms with van der Waals surface area (Å²) < 4.78 is 28.0. The molecule has 0 saturated heterocycles. The molecule has 1 aliphatic rings. The maximum Gasteiger partial charge on any atom is 0.338 e. The van der Waals surface area contributed by atoms with Crippen LogP contribution in [0.3, 0.4) is 0 Å². The lowest BCUT2D eigenvalue weighted by molar-refractivity contribution is -0.137. The molecule has 0 aliphatic heterocycles. The Morgan fingerprint density at radius 1 is 1.27 bits per heavy atom. The van der Waals surface area contributed by atoms with Crippen LogP contribution < -0.4 is 5.14 Å². The molecule has 144 valence electrons. The van der Waals surface area contributed by atoms with Crippen molar-refractivity contribution in [1.29, 1.82) is 0 Å². The summed E-state index contributed by atoms with van der Waals surface area (Å²) in [5, 5.41) is 4.98. The molecule has 2 N–H and O–H groups in total. The number of benzene rings is 1. The highest BCUT2D eigenvalue weighted by molar-refractivity contribution is 7.89. The van der Waals surface area contributed by atoms with E-state index < -0.39 is 22.6 Å². The monoisotopic (exact) mass is 402 g/mol. The van der Waals surface area contributed by atoms with Crippen LogP contribution in [0, 0.1) is 0 Å². The molecule has 2 rings (SSSR count). The summed E-state index contributed by atoms with van der Waals surface area (Å²) in [6.45, 7) is 2.06. The van der Waals surface area contributed by atoms with E-state index in [4.69, 9.17) is 21.5 Å². The first-order chi connectivity index (χ1) is 12.2. The van der Waals surface area contributed by atoms with E-state index in [2.05, 4.69) is 0 Å². The Kier molecular flexibility index (Phi) is 7.02. The van der Waals surface area contributed by atoms with Crippen LogP contribution in [0.1, 0.15) is 49.4 Å². The second-order valence-corrected chi connectivity index (χ2v) is 8.17. The van der Waals surface area contributed by atoms with Crippen molar-refractivity contribution < 1.29 is 22.7 Å². The van der Waals surface area contributed by atoms with Crippen LogP contribution in [-0.4, -0.2) is 44.4 Å². The molecule has 1 aromatic carbocycles. The maximum absolute atomic E-state index is 12.4. The molecular weight excluding hydrogens is 380 g/mol. The topological polar surface area (TPSA) is 107 Å². The Bertz CT molecular complexity index is 775. The first kappa shape index (κ1) is 20.7. The highest BCUT2D eigenvalue weighted by atomic mass is 35.5. The SMILES string of the molecule is CCN(C(=O)COC(=O)c1ccc(Cl)c(S(N)(=O)=O)c1)C1CCCCC1. The Hall–Kier alpha value is -1.64. The molecule has 1 saturated carbocycles. The smallest absolute Gasteiger partial charge is 0.338 e. The Morgan fingerprint density at radius 3 is 2.50 bits per heavy atom. The molecule has 26 heavy (non-hydrogen) atoms. The van der Waals surface area contributed by atoms with Crippen molar-refractivity contribution in [2.45, 2.75) is 50.0 Å². The van der Waals surface area contributed by atoms with E-state index in [0.717, 1.165) is 31.7 Å². The average Bonchev–Trinajstić information content (AvgIpc) is 2.60. The molecule has 0 aromatic heterocycles. The van der Waals surface area contributed by atoms with Gasteiger partial charge in [0, 0.05) is 12.6 Å². The molecule has 0 bridgehead atoms. The number of likely N-dealkylation sites (N-methyl/N-ethyl adjacent to an activating group) is 1. The van der Waals surface area contributed by atoms with Crippen molar-refractivity contribution in [3.05, 3.63) is 28.8 Å². The molecule has 1 amide bonds. The predicted octanol–water partition coefficient (Wildman–Crippen LogP) is 2.33. The van der Waals surface area contributed by atoms with E-state index in [1.54, 1.807) is 4.90 Å². The lowest BCUT2D eigenvalue weighted by Crippen LogP contribution is -2.43. The highest BCUT2D eigenvalue weighted by Gasteiger charge is 2.25. The largest absolute Gasteiger partial charge is 0.452 e. The molecule has 0 spiro atoms. The molecule has 0 heterocycles. The zero-order valence-corrected chi connectivity index (χ0v) is 16.2. The van der Waals surface area contributed by atoms with Gasteiger partial charge >= 0.3 is 5.97 Å². The molecule has 0 atom stereocenters. The third kappa shape index (κ3) is 5.18. The van der Waals surface area contributed by atoms with Crippen molar-refractivity contribution in [3.8, 4) is 0 Å². The molecule has 1 fully saturated rings. The number of primary sulfonamides is 1. The van der Waals surface area contributed by atoms with Crippen LogP contribution in [0.5, 0.6) is 0 Å². The van der Waals surface area contributed by atoms with Gasteiger partial charge in [0.15, 0.2) is 6.61 Å². The third-order valence-corrected chi connectivity index (χ3v) is 5.87. The lowest BCUT2D eigenvalue weighted by Gasteiger charge is -2.33. The van der Waals surface area contributed by atoms with Gasteiger partial charge in [0.1, 0.15) is 4.90 Å². The normalized spacial score (nSPS) is 15.5. The van der Waals surface area contributed by atoms with Gasteiger partial charge in [0.05, 0.1) is 10.6 Å². The Balaban J connectivity index is 2.02. The van der Waals surface area contributed by atoms with Crippen LogP contribution in [-0.2, 0) is 19.6 Å². The number of nitrogens with two attached hydrogens (primary N) is 1. The van der Waals surface area contributed by atoms with E-state index in [0.29, 0.717) is 6.54 Å². The number of esters is 1. The minimum absolute atomic E-state index is 0.0352. The van der Waals surface area contributed by atoms with Crippen LogP contribution >= 0.6 is 11.6 Å². The number of sulfonamides is 1. The van der Waals surface area contributed by atoms with Gasteiger partial charge in [-0.25, -0.2) is 18.4 Å². The second kappa shape index (κ2) is 8.83. The van der Waals surface area contributed by atoms with Gasteiger partial charge in [-0.3, -0.25) is 4.79 Å². The first-order valence-electron chi connectivity index (χ1n) is 8.53. The van der Waals surface area contributed by atoms with E-state index in [-0.39, 0.29) is 27.4 Å². The Morgan fingerprint density at radius 2 is 1.92 bits per heavy atom. The third-order valence-electron chi connectivity index (χ3n) is 4.48. The number of hydrogen-bond donors (Lipinski definition) is 1. The standard InChI is InChI=1S/C17H23ClN2O5S/c1-2-20(13-6-4-3-5-7-13)16(21)11-25-17(22)12-8-9-14(18)15(10-12)26(19,23)24/h8-10,13H,2-7,11H2,1H3,(H2,19,23,24). The summed E-state index contributed by atoms with van der Waals surface area (Å²) in [5.74, 6) is -1.06. The average molecular weight is 403 g/mol. The first-order valence-corrected chi connectivity index (χ1v) is 10.5. The van der Waals surface area contributed by atoms with Crippen LogP contribution in [0.15, 0.2) is 23.1 Å². The quantitative estimate of drug-likeness (QED) is 0.735. The molecule has 1 aromatic rings. The predicted molar refractivity (Wildman–Crippen MR) is 97.4 cm³/mol. The van der Waals surface area contributed by atoms with Gasteiger partial charge in [0.2, 0.25) is 10.0 Å². The number of amides is 1. The number of carbonyl (C=O) groups is 2. The number of carbonyl (C=O) groups excluding carboxylic acids is 2. The molecule has 0 radical (unpaired) electrons. The van der Waals surface area contributed by atoms with Gasteiger partial charge < -0.3 is 9.64 Å². The highest BCUT2D eigenvalue weighted by Crippen LogP contribution is 2.23. The fraction of sp³-hybridized carbons (Fsp3) is 0.529. The van der Waals surface area contributed by atoms with Gasteiger partial charge in [-0.15, -0.1) is 0 Å². The second-order valence-electron chi connectivity index (χ2n) is 6.24. The molecular formula is C17H23ClN2O5S. The van der Waals surface area contributed by atoms with Gasteiger partial charge in [0.25, 0.3) is 5.91 Å². The molecule has 9 heteroatoms. The summed E-state index contributed by atoms with van der Waals surface area (Å²) in [5.41, 5.74) is -0.0352. The van der Waals surface area contributed by atoms with E-state index >= 15 is 0 Å². The van der Waals surface area contributed by atoms with Crippen LogP contribution in [0.2, 0.25) is 5.02 Å². The van der Waals surface area contributed by atoms with Crippen molar-refractivity contribution in [1.82, 2.24) is 4.90 Å². The fourth-order valence-corrected chi connectivity index (χ4v) is 4.24. The number of ether oxygens (including phenoxy) is 1. The van der Waals surface area contributed by atoms with Crippen molar-refractivity contribution in [3.63, 3.8) is 0 Å². The van der Waals surface area contributed by atoms with Crippen LogP contribution in [0.4, 0.5) is 0 Å². The maximum atomic E-state index is 12.4. The summed E-state index contributed by atoms with van der Waals surface area (Å²) in [6, 6.07) is 3.80. The lowest BCUT2D eigenvalue weighted by atomic mass is 9.94. The summed E-state index contributed by atoms with van der Waals surface area (Å²) >= 11 is 5.79. The van der Waals surface area contributed by atoms with Gasteiger partial charge in [-0.2, -0.15) is 0 Å². The summed E-state index contributed by atoms with van der Waals surface area (Å²) in [4.78, 5) is 25.9. The zero-order valence-electron chi connectivity index (χ0n) is 14.6. The molecule has 0 unspecified atom stereocenters. The molecule has 7 nitrogen and oxygen atoms in total. The minimum atomic E-state index is -4.07. The van der Waals surface area contributed by atoms with E-state index in [1.165, 1.54) is 18.6 Å². The van der Waals surface area contributed by atoms with Crippen molar-refractivity contribution in [2.75, 3.05) is 13.2 Å². The molecule has 1 aliphatic carbocycles. The van der Waals surface area contributed by atoms with Crippen molar-refractivity contribution in [2.24, 2.45) is 5.14 Å². The van der Waals surface area contributed by atoms with Crippen molar-refractivity contribution >= 4 is 33.5 Å². The summed E-state index contributed by atoms with van der Waals surface area (Å²) in [7, 11) is -4.07. The number of hydrogen-bond acceptors (Lipinski definition) is 5.